The second-order valence-corrected chi connectivity index (χ2v) is 5.35. The molecule has 0 radical (unpaired) electrons. The highest BCUT2D eigenvalue weighted by atomic mass is 16.5. The van der Waals surface area contributed by atoms with Crippen LogP contribution < -0.4 is 11.1 Å². The predicted molar refractivity (Wildman–Crippen MR) is 76.7 cm³/mol. The molecule has 0 aliphatic carbocycles. The summed E-state index contributed by atoms with van der Waals surface area (Å²) >= 11 is 0. The standard InChI is InChI=1S/C15H20N2O3/c1-2-19-15(18)10-4-3-5-11(16)14(10)17-12-8-9-6-7-13(12)20-9/h3-5,9,12-13,17H,2,6-8,16H2,1H3. The molecule has 3 N–H and O–H groups in total. The molecular weight excluding hydrogens is 256 g/mol. The Kier molecular flexibility index (Phi) is 3.53. The third kappa shape index (κ3) is 2.33. The lowest BCUT2D eigenvalue weighted by Gasteiger charge is -2.23. The molecule has 2 bridgehead atoms. The van der Waals surface area contributed by atoms with Crippen LogP contribution in [-0.4, -0.2) is 30.8 Å². The molecule has 2 aliphatic heterocycles. The Morgan fingerprint density at radius 3 is 3.00 bits per heavy atom. The molecule has 108 valence electrons. The van der Waals surface area contributed by atoms with Crippen LogP contribution in [0.1, 0.15) is 36.5 Å². The van der Waals surface area contributed by atoms with E-state index < -0.39 is 0 Å². The molecule has 5 heteroatoms. The van der Waals surface area contributed by atoms with Crippen LogP contribution in [0.25, 0.3) is 0 Å². The van der Waals surface area contributed by atoms with Crippen molar-refractivity contribution in [2.24, 2.45) is 0 Å². The maximum Gasteiger partial charge on any atom is 0.340 e. The van der Waals surface area contributed by atoms with E-state index in [1.165, 1.54) is 0 Å². The molecule has 2 fully saturated rings. The van der Waals surface area contributed by atoms with E-state index in [-0.39, 0.29) is 18.1 Å². The van der Waals surface area contributed by atoms with Crippen LogP contribution in [0, 0.1) is 0 Å². The van der Waals surface area contributed by atoms with Gasteiger partial charge in [0.1, 0.15) is 0 Å². The van der Waals surface area contributed by atoms with Gasteiger partial charge in [-0.15, -0.1) is 0 Å². The van der Waals surface area contributed by atoms with E-state index in [0.29, 0.717) is 29.6 Å². The third-order valence-electron chi connectivity index (χ3n) is 4.03. The molecule has 3 unspecified atom stereocenters. The van der Waals surface area contributed by atoms with Gasteiger partial charge in [0, 0.05) is 0 Å². The molecular formula is C15H20N2O3. The summed E-state index contributed by atoms with van der Waals surface area (Å²) in [6, 6.07) is 5.53. The Bertz CT molecular complexity index is 518. The molecule has 20 heavy (non-hydrogen) atoms. The van der Waals surface area contributed by atoms with E-state index in [9.17, 15) is 4.79 Å². The lowest BCUT2D eigenvalue weighted by Crippen LogP contribution is -2.31. The fourth-order valence-corrected chi connectivity index (χ4v) is 3.09. The molecule has 2 heterocycles. The van der Waals surface area contributed by atoms with Gasteiger partial charge in [-0.25, -0.2) is 4.79 Å². The van der Waals surface area contributed by atoms with Crippen molar-refractivity contribution in [3.05, 3.63) is 23.8 Å². The molecule has 3 rings (SSSR count). The Morgan fingerprint density at radius 1 is 1.50 bits per heavy atom. The van der Waals surface area contributed by atoms with Crippen molar-refractivity contribution in [2.45, 2.75) is 44.4 Å². The first-order valence-electron chi connectivity index (χ1n) is 7.16. The number of fused-ring (bicyclic) bond motifs is 2. The summed E-state index contributed by atoms with van der Waals surface area (Å²) in [5, 5.41) is 3.40. The highest BCUT2D eigenvalue weighted by Gasteiger charge is 2.41. The number of rotatable bonds is 4. The minimum absolute atomic E-state index is 0.228. The van der Waals surface area contributed by atoms with Crippen molar-refractivity contribution in [3.8, 4) is 0 Å². The summed E-state index contributed by atoms with van der Waals surface area (Å²) in [4.78, 5) is 12.0. The van der Waals surface area contributed by atoms with Crippen LogP contribution in [-0.2, 0) is 9.47 Å². The highest BCUT2D eigenvalue weighted by molar-refractivity contribution is 5.98. The Hall–Kier alpha value is -1.75. The largest absolute Gasteiger partial charge is 0.462 e. The number of ether oxygens (including phenoxy) is 2. The number of nitrogen functional groups attached to an aromatic ring is 1. The molecule has 0 saturated carbocycles. The smallest absolute Gasteiger partial charge is 0.340 e. The predicted octanol–water partition coefficient (Wildman–Crippen LogP) is 2.18. The first-order valence-corrected chi connectivity index (χ1v) is 7.16. The topological polar surface area (TPSA) is 73.6 Å². The molecule has 0 aromatic heterocycles. The number of carbonyl (C=O) groups is 1. The van der Waals surface area contributed by atoms with Gasteiger partial charge in [0.05, 0.1) is 41.8 Å². The van der Waals surface area contributed by atoms with Crippen LogP contribution in [0.3, 0.4) is 0 Å². The van der Waals surface area contributed by atoms with Gasteiger partial charge in [0.25, 0.3) is 0 Å². The summed E-state index contributed by atoms with van der Waals surface area (Å²) < 4.78 is 10.9. The van der Waals surface area contributed by atoms with Crippen LogP contribution in [0.15, 0.2) is 18.2 Å². The molecule has 0 spiro atoms. The van der Waals surface area contributed by atoms with Crippen LogP contribution in [0.2, 0.25) is 0 Å². The summed E-state index contributed by atoms with van der Waals surface area (Å²) in [6.45, 7) is 2.14. The number of benzene rings is 1. The summed E-state index contributed by atoms with van der Waals surface area (Å²) in [6.07, 6.45) is 3.77. The zero-order chi connectivity index (χ0) is 14.1. The first-order chi connectivity index (χ1) is 9.69. The van der Waals surface area contributed by atoms with E-state index in [0.717, 1.165) is 19.3 Å². The number of carbonyl (C=O) groups excluding carboxylic acids is 1. The second kappa shape index (κ2) is 5.32. The molecule has 2 saturated heterocycles. The van der Waals surface area contributed by atoms with Crippen molar-refractivity contribution in [2.75, 3.05) is 17.7 Å². The fraction of sp³-hybridized carbons (Fsp3) is 0.533. The van der Waals surface area contributed by atoms with Gasteiger partial charge < -0.3 is 20.5 Å². The van der Waals surface area contributed by atoms with Crippen LogP contribution in [0.4, 0.5) is 11.4 Å². The molecule has 0 amide bonds. The van der Waals surface area contributed by atoms with Crippen LogP contribution in [0.5, 0.6) is 0 Å². The van der Waals surface area contributed by atoms with Gasteiger partial charge in [-0.3, -0.25) is 0 Å². The van der Waals surface area contributed by atoms with Crippen LogP contribution >= 0.6 is 0 Å². The van der Waals surface area contributed by atoms with Crippen molar-refractivity contribution >= 4 is 17.3 Å². The molecule has 2 aliphatic rings. The van der Waals surface area contributed by atoms with Gasteiger partial charge in [-0.1, -0.05) is 6.07 Å². The average Bonchev–Trinajstić information content (AvgIpc) is 3.03. The Morgan fingerprint density at radius 2 is 2.35 bits per heavy atom. The fourth-order valence-electron chi connectivity index (χ4n) is 3.09. The highest BCUT2D eigenvalue weighted by Crippen LogP contribution is 2.37. The molecule has 1 aromatic rings. The second-order valence-electron chi connectivity index (χ2n) is 5.35. The number of anilines is 2. The molecule has 1 aromatic carbocycles. The summed E-state index contributed by atoms with van der Waals surface area (Å²) in [7, 11) is 0. The average molecular weight is 276 g/mol. The van der Waals surface area contributed by atoms with E-state index in [4.69, 9.17) is 15.2 Å². The monoisotopic (exact) mass is 276 g/mol. The number of hydrogen-bond donors (Lipinski definition) is 2. The third-order valence-corrected chi connectivity index (χ3v) is 4.03. The summed E-state index contributed by atoms with van der Waals surface area (Å²) in [5.41, 5.74) is 7.76. The Labute approximate surface area is 118 Å². The van der Waals surface area contributed by atoms with Gasteiger partial charge >= 0.3 is 5.97 Å². The van der Waals surface area contributed by atoms with Crippen molar-refractivity contribution in [1.82, 2.24) is 0 Å². The number of nitrogens with two attached hydrogens (primary N) is 1. The van der Waals surface area contributed by atoms with Gasteiger partial charge in [-0.2, -0.15) is 0 Å². The maximum absolute atomic E-state index is 12.0. The van der Waals surface area contributed by atoms with E-state index in [2.05, 4.69) is 5.32 Å². The SMILES string of the molecule is CCOC(=O)c1cccc(N)c1NC1CC2CCC1O2. The van der Waals surface area contributed by atoms with Gasteiger partial charge in [0.15, 0.2) is 0 Å². The van der Waals surface area contributed by atoms with Crippen molar-refractivity contribution < 1.29 is 14.3 Å². The van der Waals surface area contributed by atoms with E-state index >= 15 is 0 Å². The number of esters is 1. The lowest BCUT2D eigenvalue weighted by molar-refractivity contribution is 0.0527. The van der Waals surface area contributed by atoms with Gasteiger partial charge in [0.2, 0.25) is 0 Å². The van der Waals surface area contributed by atoms with Gasteiger partial charge in [-0.05, 0) is 38.3 Å². The molecule has 3 atom stereocenters. The number of nitrogens with one attached hydrogen (secondary N) is 1. The first kappa shape index (κ1) is 13.2. The van der Waals surface area contributed by atoms with Crippen molar-refractivity contribution in [1.29, 1.82) is 0 Å². The normalized spacial score (nSPS) is 27.6. The number of hydrogen-bond acceptors (Lipinski definition) is 5. The zero-order valence-electron chi connectivity index (χ0n) is 11.6. The lowest BCUT2D eigenvalue weighted by atomic mass is 9.95. The Balaban J connectivity index is 1.82. The number of para-hydroxylation sites is 1. The van der Waals surface area contributed by atoms with E-state index in [1.54, 1.807) is 25.1 Å². The minimum atomic E-state index is -0.341. The maximum atomic E-state index is 12.0. The summed E-state index contributed by atoms with van der Waals surface area (Å²) in [5.74, 6) is -0.341. The minimum Gasteiger partial charge on any atom is -0.462 e. The quantitative estimate of drug-likeness (QED) is 0.651. The zero-order valence-corrected chi connectivity index (χ0v) is 11.6. The van der Waals surface area contributed by atoms with E-state index in [1.807, 2.05) is 0 Å². The van der Waals surface area contributed by atoms with Crippen molar-refractivity contribution in [3.63, 3.8) is 0 Å². The molecule has 5 nitrogen and oxygen atoms in total.